The molecule has 212 valence electrons. The lowest BCUT2D eigenvalue weighted by Crippen LogP contribution is -2.63. The number of esters is 1. The number of hydrogen-bond donors (Lipinski definition) is 0. The van der Waals surface area contributed by atoms with Gasteiger partial charge in [-0.2, -0.15) is 0 Å². The van der Waals surface area contributed by atoms with E-state index >= 15 is 0 Å². The number of ether oxygens (including phenoxy) is 5. The van der Waals surface area contributed by atoms with Crippen LogP contribution in [0.1, 0.15) is 33.3 Å². The Morgan fingerprint density at radius 3 is 2.21 bits per heavy atom. The minimum atomic E-state index is -2.22. The molecular weight excluding hydrogens is 518 g/mol. The Morgan fingerprint density at radius 2 is 1.64 bits per heavy atom. The van der Waals surface area contributed by atoms with Gasteiger partial charge in [0.25, 0.3) is 0 Å². The van der Waals surface area contributed by atoms with E-state index in [1.165, 1.54) is 6.92 Å². The molecule has 0 N–H and O–H groups in total. The third-order valence-electron chi connectivity index (χ3n) is 7.13. The Kier molecular flexibility index (Phi) is 11.6. The smallest absolute Gasteiger partial charge is 0.303 e. The lowest BCUT2D eigenvalue weighted by molar-refractivity contribution is -0.245. The molecule has 0 aliphatic carbocycles. The Balaban J connectivity index is 1.96. The molecule has 39 heavy (non-hydrogen) atoms. The van der Waals surface area contributed by atoms with Crippen molar-refractivity contribution in [3.8, 4) is 11.5 Å². The summed E-state index contributed by atoms with van der Waals surface area (Å²) < 4.78 is 36.5. The molecule has 0 spiro atoms. The van der Waals surface area contributed by atoms with Crippen LogP contribution >= 0.6 is 0 Å². The molecule has 3 rings (SSSR count). The first-order chi connectivity index (χ1) is 18.9. The van der Waals surface area contributed by atoms with Crippen molar-refractivity contribution in [1.82, 2.24) is 0 Å². The largest absolute Gasteiger partial charge is 0.497 e. The van der Waals surface area contributed by atoms with Crippen LogP contribution in [0.5, 0.6) is 11.5 Å². The van der Waals surface area contributed by atoms with Gasteiger partial charge in [-0.25, -0.2) is 0 Å². The normalized spacial score (nSPS) is 22.9. The van der Waals surface area contributed by atoms with Crippen molar-refractivity contribution in [2.45, 2.75) is 83.1 Å². The molecule has 0 bridgehead atoms. The van der Waals surface area contributed by atoms with Gasteiger partial charge in [-0.1, -0.05) is 56.2 Å². The van der Waals surface area contributed by atoms with Crippen molar-refractivity contribution in [2.24, 2.45) is 5.11 Å². The summed E-state index contributed by atoms with van der Waals surface area (Å²) in [7, 11) is -0.641. The summed E-state index contributed by atoms with van der Waals surface area (Å²) in [4.78, 5) is 15.3. The predicted octanol–water partition coefficient (Wildman–Crippen LogP) is 6.02. The molecule has 0 radical (unpaired) electrons. The maximum absolute atomic E-state index is 12.3. The van der Waals surface area contributed by atoms with E-state index in [-0.39, 0.29) is 6.61 Å². The number of hydrogen-bond acceptors (Lipinski definition) is 8. The molecule has 2 aromatic carbocycles. The summed E-state index contributed by atoms with van der Waals surface area (Å²) in [5.41, 5.74) is 10.5. The fourth-order valence-corrected chi connectivity index (χ4v) is 7.58. The summed E-state index contributed by atoms with van der Waals surface area (Å²) in [6, 6.07) is 18.4. The first-order valence-corrected chi connectivity index (χ1v) is 15.9. The number of benzene rings is 2. The molecule has 0 amide bonds. The van der Waals surface area contributed by atoms with Crippen molar-refractivity contribution in [3.05, 3.63) is 70.6 Å². The lowest BCUT2D eigenvalue weighted by Gasteiger charge is -2.47. The van der Waals surface area contributed by atoms with Gasteiger partial charge in [0.1, 0.15) is 35.9 Å². The highest BCUT2D eigenvalue weighted by molar-refractivity contribution is 6.73. The summed E-state index contributed by atoms with van der Waals surface area (Å²) >= 11 is 0. The zero-order valence-electron chi connectivity index (χ0n) is 23.3. The number of carbonyl (C=O) groups excluding carboxylic acids is 1. The van der Waals surface area contributed by atoms with Crippen LogP contribution in [0.3, 0.4) is 0 Å². The van der Waals surface area contributed by atoms with Crippen molar-refractivity contribution in [3.63, 3.8) is 0 Å². The van der Waals surface area contributed by atoms with Gasteiger partial charge >= 0.3 is 5.97 Å². The second-order valence-electron chi connectivity index (χ2n) is 9.43. The van der Waals surface area contributed by atoms with Gasteiger partial charge in [-0.3, -0.25) is 4.79 Å². The fourth-order valence-electron chi connectivity index (χ4n) is 4.72. The van der Waals surface area contributed by atoms with Gasteiger partial charge < -0.3 is 28.1 Å². The lowest BCUT2D eigenvalue weighted by atomic mass is 9.97. The van der Waals surface area contributed by atoms with Crippen LogP contribution in [-0.2, 0) is 30.0 Å². The molecule has 1 saturated heterocycles. The van der Waals surface area contributed by atoms with Gasteiger partial charge in [0.05, 0.1) is 20.3 Å². The average molecular weight is 558 g/mol. The first kappa shape index (κ1) is 30.5. The van der Waals surface area contributed by atoms with E-state index in [0.717, 1.165) is 23.7 Å². The number of azide groups is 1. The Bertz CT molecular complexity index is 1070. The van der Waals surface area contributed by atoms with Crippen molar-refractivity contribution in [2.75, 3.05) is 13.7 Å². The molecule has 1 heterocycles. The number of rotatable bonds is 14. The minimum absolute atomic E-state index is 0.157. The van der Waals surface area contributed by atoms with Gasteiger partial charge in [0.2, 0.25) is 6.29 Å². The molecule has 1 fully saturated rings. The maximum Gasteiger partial charge on any atom is 0.303 e. The summed E-state index contributed by atoms with van der Waals surface area (Å²) in [6.07, 6.45) is -3.34. The van der Waals surface area contributed by atoms with E-state index < -0.39 is 44.9 Å². The highest BCUT2D eigenvalue weighted by Crippen LogP contribution is 2.35. The van der Waals surface area contributed by atoms with Gasteiger partial charge in [0.15, 0.2) is 8.32 Å². The highest BCUT2D eigenvalue weighted by atomic mass is 28.4. The Hall–Kier alpha value is -3.08. The summed E-state index contributed by atoms with van der Waals surface area (Å²) in [5, 5.41) is 3.97. The van der Waals surface area contributed by atoms with Crippen molar-refractivity contribution in [1.29, 1.82) is 0 Å². The van der Waals surface area contributed by atoms with Crippen LogP contribution < -0.4 is 9.47 Å². The van der Waals surface area contributed by atoms with Crippen LogP contribution in [-0.4, -0.2) is 58.6 Å². The fraction of sp³-hybridized carbons (Fsp3) is 0.536. The quantitative estimate of drug-likeness (QED) is 0.0916. The van der Waals surface area contributed by atoms with E-state index in [1.54, 1.807) is 31.4 Å². The standard InChI is InChI=1S/C28H39N3O7Si/c1-6-39(7-2,8-3)38-26-24(19-34-18-21-12-10-9-11-13-21)37-28(25(30-31-29)27(26)35-20(4)32)36-23-16-14-22(33-5)15-17-23/h9-17,24-28H,6-8,18-19H2,1-5H3/t24-,25-,26-,27-,28-/m1/s1. The zero-order chi connectivity index (χ0) is 28.3. The third-order valence-corrected chi connectivity index (χ3v) is 11.8. The number of nitrogens with zero attached hydrogens (tertiary/aromatic N) is 3. The second-order valence-corrected chi connectivity index (χ2v) is 14.2. The minimum Gasteiger partial charge on any atom is -0.497 e. The topological polar surface area (TPSA) is 121 Å². The first-order valence-electron chi connectivity index (χ1n) is 13.4. The maximum atomic E-state index is 12.3. The molecule has 11 heteroatoms. The van der Waals surface area contributed by atoms with Crippen molar-refractivity contribution >= 4 is 14.3 Å². The van der Waals surface area contributed by atoms with Crippen LogP contribution in [0.15, 0.2) is 59.7 Å². The Morgan fingerprint density at radius 1 is 1.00 bits per heavy atom. The van der Waals surface area contributed by atoms with Crippen molar-refractivity contribution < 1.29 is 32.9 Å². The molecule has 1 aliphatic heterocycles. The SMILES string of the molecule is CC[Si](CC)(CC)O[C@H]1[C@H](OC(C)=O)[C@@H](N=[N+]=[N-])[C@H](Oc2ccc(OC)cc2)O[C@@H]1COCc1ccccc1. The van der Waals surface area contributed by atoms with E-state index in [0.29, 0.717) is 18.1 Å². The Labute approximate surface area is 231 Å². The molecule has 0 unspecified atom stereocenters. The predicted molar refractivity (Wildman–Crippen MR) is 149 cm³/mol. The van der Waals surface area contributed by atoms with Crippen LogP contribution in [0, 0.1) is 0 Å². The molecule has 10 nitrogen and oxygen atoms in total. The van der Waals surface area contributed by atoms with E-state index in [2.05, 4.69) is 30.8 Å². The summed E-state index contributed by atoms with van der Waals surface area (Å²) in [6.45, 7) is 8.20. The monoisotopic (exact) mass is 557 g/mol. The molecule has 0 saturated carbocycles. The van der Waals surface area contributed by atoms with E-state index in [1.807, 2.05) is 30.3 Å². The van der Waals surface area contributed by atoms with Crippen LogP contribution in [0.25, 0.3) is 10.4 Å². The van der Waals surface area contributed by atoms with Crippen LogP contribution in [0.4, 0.5) is 0 Å². The second kappa shape index (κ2) is 14.9. The molecular formula is C28H39N3O7Si. The number of carbonyl (C=O) groups is 1. The zero-order valence-corrected chi connectivity index (χ0v) is 24.3. The molecule has 5 atom stereocenters. The molecule has 1 aliphatic rings. The molecule has 0 aromatic heterocycles. The van der Waals surface area contributed by atoms with Gasteiger partial charge in [-0.05, 0) is 53.5 Å². The number of methoxy groups -OCH3 is 1. The summed E-state index contributed by atoms with van der Waals surface area (Å²) in [5.74, 6) is 0.623. The van der Waals surface area contributed by atoms with E-state index in [4.69, 9.17) is 28.1 Å². The third kappa shape index (κ3) is 8.20. The van der Waals surface area contributed by atoms with Gasteiger partial charge in [-0.15, -0.1) is 0 Å². The average Bonchev–Trinajstić information content (AvgIpc) is 2.95. The van der Waals surface area contributed by atoms with E-state index in [9.17, 15) is 10.3 Å². The highest BCUT2D eigenvalue weighted by Gasteiger charge is 2.52. The van der Waals surface area contributed by atoms with Crippen LogP contribution in [0.2, 0.25) is 18.1 Å². The van der Waals surface area contributed by atoms with Gasteiger partial charge in [0, 0.05) is 11.8 Å². The molecule has 2 aromatic rings.